The molecule has 0 atom stereocenters. The van der Waals surface area contributed by atoms with Crippen LogP contribution in [-0.4, -0.2) is 74.2 Å². The van der Waals surface area contributed by atoms with Crippen molar-refractivity contribution in [3.63, 3.8) is 0 Å². The first kappa shape index (κ1) is 25.5. The maximum atomic E-state index is 12.6. The molecule has 0 unspecified atom stereocenters. The van der Waals surface area contributed by atoms with Crippen molar-refractivity contribution in [2.24, 2.45) is 16.2 Å². The predicted molar refractivity (Wildman–Crippen MR) is 106 cm³/mol. The van der Waals surface area contributed by atoms with E-state index in [4.69, 9.17) is 28.4 Å². The van der Waals surface area contributed by atoms with Crippen LogP contribution in [0.15, 0.2) is 0 Å². The molecule has 0 aromatic carbocycles. The fraction of sp³-hybridized carbons (Fsp3) is 0.857. The number of carbonyl (C=O) groups excluding carboxylic acids is 2. The first-order valence-corrected chi connectivity index (χ1v) is 10.2. The quantitative estimate of drug-likeness (QED) is 0.578. The first-order chi connectivity index (χ1) is 14.0. The Labute approximate surface area is 182 Å². The molecule has 2 rings (SSSR count). The van der Waals surface area contributed by atoms with Crippen LogP contribution >= 0.6 is 0 Å². The summed E-state index contributed by atoms with van der Waals surface area (Å²) in [6.07, 6.45) is 0. The SMILES string of the molecule is CC1(C)OCC(C)(C(=O)OCC(C)(COC(=O)C2(C)COC(C)(C)OC2)C(=O)O)CO1. The van der Waals surface area contributed by atoms with Crippen LogP contribution in [0.2, 0.25) is 0 Å². The van der Waals surface area contributed by atoms with Crippen molar-refractivity contribution in [2.75, 3.05) is 39.6 Å². The molecule has 178 valence electrons. The van der Waals surface area contributed by atoms with Crippen molar-refractivity contribution in [1.29, 1.82) is 0 Å². The molecule has 10 heteroatoms. The Morgan fingerprint density at radius 1 is 0.742 bits per heavy atom. The zero-order chi connectivity index (χ0) is 23.7. The summed E-state index contributed by atoms with van der Waals surface area (Å²) in [6, 6.07) is 0. The second-order valence-corrected chi connectivity index (χ2v) is 10.1. The van der Waals surface area contributed by atoms with Crippen LogP contribution in [0.3, 0.4) is 0 Å². The van der Waals surface area contributed by atoms with Crippen LogP contribution in [0.5, 0.6) is 0 Å². The first-order valence-electron chi connectivity index (χ1n) is 10.2. The van der Waals surface area contributed by atoms with Gasteiger partial charge in [-0.2, -0.15) is 0 Å². The summed E-state index contributed by atoms with van der Waals surface area (Å²) in [5.41, 5.74) is -3.77. The van der Waals surface area contributed by atoms with Crippen molar-refractivity contribution in [3.8, 4) is 0 Å². The second kappa shape index (κ2) is 8.65. The van der Waals surface area contributed by atoms with Gasteiger partial charge in [0.05, 0.1) is 26.4 Å². The Balaban J connectivity index is 1.94. The van der Waals surface area contributed by atoms with Gasteiger partial charge in [-0.25, -0.2) is 0 Å². The zero-order valence-electron chi connectivity index (χ0n) is 19.4. The maximum absolute atomic E-state index is 12.6. The lowest BCUT2D eigenvalue weighted by Gasteiger charge is -2.40. The van der Waals surface area contributed by atoms with Gasteiger partial charge in [0.2, 0.25) is 0 Å². The Morgan fingerprint density at radius 3 is 1.29 bits per heavy atom. The number of carboxylic acid groups (broad SMARTS) is 1. The van der Waals surface area contributed by atoms with Gasteiger partial charge in [0, 0.05) is 0 Å². The lowest BCUT2D eigenvalue weighted by atomic mass is 9.89. The molecule has 0 aliphatic carbocycles. The molecule has 2 aliphatic rings. The van der Waals surface area contributed by atoms with Gasteiger partial charge in [-0.1, -0.05) is 0 Å². The molecule has 0 aromatic rings. The van der Waals surface area contributed by atoms with E-state index in [0.29, 0.717) is 0 Å². The smallest absolute Gasteiger partial charge is 0.316 e. The van der Waals surface area contributed by atoms with E-state index in [1.165, 1.54) is 6.92 Å². The fourth-order valence-electron chi connectivity index (χ4n) is 2.70. The minimum atomic E-state index is -1.64. The summed E-state index contributed by atoms with van der Waals surface area (Å²) >= 11 is 0. The van der Waals surface area contributed by atoms with Crippen LogP contribution in [0.4, 0.5) is 0 Å². The molecule has 10 nitrogen and oxygen atoms in total. The van der Waals surface area contributed by atoms with E-state index in [9.17, 15) is 19.5 Å². The van der Waals surface area contributed by atoms with Gasteiger partial charge in [-0.05, 0) is 48.5 Å². The van der Waals surface area contributed by atoms with Gasteiger partial charge in [-0.3, -0.25) is 14.4 Å². The molecule has 0 aromatic heterocycles. The van der Waals surface area contributed by atoms with E-state index in [2.05, 4.69) is 0 Å². The number of hydrogen-bond acceptors (Lipinski definition) is 9. The Morgan fingerprint density at radius 2 is 1.03 bits per heavy atom. The minimum Gasteiger partial charge on any atom is -0.481 e. The second-order valence-electron chi connectivity index (χ2n) is 10.1. The van der Waals surface area contributed by atoms with E-state index in [1.807, 2.05) is 0 Å². The van der Waals surface area contributed by atoms with Crippen LogP contribution < -0.4 is 0 Å². The van der Waals surface area contributed by atoms with Gasteiger partial charge in [0.15, 0.2) is 11.6 Å². The number of rotatable bonds is 7. The molecule has 0 spiro atoms. The maximum Gasteiger partial charge on any atom is 0.316 e. The molecule has 0 radical (unpaired) electrons. The van der Waals surface area contributed by atoms with Gasteiger partial charge in [0.25, 0.3) is 0 Å². The van der Waals surface area contributed by atoms with Crippen molar-refractivity contribution in [1.82, 2.24) is 0 Å². The molecule has 2 heterocycles. The highest BCUT2D eigenvalue weighted by molar-refractivity contribution is 5.80. The lowest BCUT2D eigenvalue weighted by molar-refractivity contribution is -0.282. The summed E-state index contributed by atoms with van der Waals surface area (Å²) in [7, 11) is 0. The molecule has 2 saturated heterocycles. The van der Waals surface area contributed by atoms with Gasteiger partial charge >= 0.3 is 17.9 Å². The summed E-state index contributed by atoms with van der Waals surface area (Å²) in [4.78, 5) is 37.0. The number of hydrogen-bond donors (Lipinski definition) is 1. The third-order valence-corrected chi connectivity index (χ3v) is 5.50. The Hall–Kier alpha value is -1.75. The highest BCUT2D eigenvalue weighted by Crippen LogP contribution is 2.33. The van der Waals surface area contributed by atoms with E-state index in [1.54, 1.807) is 41.5 Å². The molecule has 2 fully saturated rings. The number of ether oxygens (including phenoxy) is 6. The fourth-order valence-corrected chi connectivity index (χ4v) is 2.70. The number of carboxylic acids is 1. The monoisotopic (exact) mass is 446 g/mol. The standard InChI is InChI=1S/C21H34O10/c1-17(2)28-10-20(6,11-29-17)15(24)26-8-19(5,14(22)23)9-27-16(25)21(7)12-30-18(3,4)31-13-21/h8-13H2,1-7H3,(H,22,23). The third-order valence-electron chi connectivity index (χ3n) is 5.50. The van der Waals surface area contributed by atoms with Gasteiger partial charge < -0.3 is 33.5 Å². The van der Waals surface area contributed by atoms with Crippen molar-refractivity contribution < 1.29 is 47.9 Å². The highest BCUT2D eigenvalue weighted by Gasteiger charge is 2.47. The topological polar surface area (TPSA) is 127 Å². The van der Waals surface area contributed by atoms with E-state index >= 15 is 0 Å². The average molecular weight is 446 g/mol. The summed E-state index contributed by atoms with van der Waals surface area (Å²) < 4.78 is 32.7. The van der Waals surface area contributed by atoms with Crippen molar-refractivity contribution in [2.45, 2.75) is 60.0 Å². The number of carbonyl (C=O) groups is 3. The zero-order valence-corrected chi connectivity index (χ0v) is 19.4. The molecule has 1 N–H and O–H groups in total. The average Bonchev–Trinajstić information content (AvgIpc) is 2.69. The normalized spacial score (nSPS) is 24.1. The van der Waals surface area contributed by atoms with E-state index in [0.717, 1.165) is 0 Å². The Bertz CT molecular complexity index is 641. The predicted octanol–water partition coefficient (Wildman–Crippen LogP) is 1.74. The van der Waals surface area contributed by atoms with Gasteiger partial charge in [0.1, 0.15) is 29.5 Å². The minimum absolute atomic E-state index is 0.0757. The molecule has 0 amide bonds. The summed E-state index contributed by atoms with van der Waals surface area (Å²) in [5.74, 6) is -4.17. The van der Waals surface area contributed by atoms with Crippen molar-refractivity contribution in [3.05, 3.63) is 0 Å². The summed E-state index contributed by atoms with van der Waals surface area (Å²) in [5, 5.41) is 9.66. The van der Waals surface area contributed by atoms with Crippen molar-refractivity contribution >= 4 is 17.9 Å². The molecule has 0 saturated carbocycles. The highest BCUT2D eigenvalue weighted by atomic mass is 16.7. The molecule has 2 aliphatic heterocycles. The molecule has 31 heavy (non-hydrogen) atoms. The van der Waals surface area contributed by atoms with E-state index in [-0.39, 0.29) is 26.4 Å². The Kier molecular flexibility index (Phi) is 7.12. The molecular weight excluding hydrogens is 412 g/mol. The number of esters is 2. The van der Waals surface area contributed by atoms with Crippen LogP contribution in [0.25, 0.3) is 0 Å². The third kappa shape index (κ3) is 6.15. The largest absolute Gasteiger partial charge is 0.481 e. The van der Waals surface area contributed by atoms with Crippen LogP contribution in [0.1, 0.15) is 48.5 Å². The van der Waals surface area contributed by atoms with E-state index < -0.39 is 58.9 Å². The van der Waals surface area contributed by atoms with Crippen LogP contribution in [-0.2, 0) is 42.8 Å². The molecule has 0 bridgehead atoms. The van der Waals surface area contributed by atoms with Gasteiger partial charge in [-0.15, -0.1) is 0 Å². The summed E-state index contributed by atoms with van der Waals surface area (Å²) in [6.45, 7) is 10.9. The lowest BCUT2D eigenvalue weighted by Crippen LogP contribution is -2.51. The van der Waals surface area contributed by atoms with Crippen LogP contribution in [0, 0.1) is 16.2 Å². The molecular formula is C21H34O10. The number of aliphatic carboxylic acids is 1.